The molecule has 98 valence electrons. The Morgan fingerprint density at radius 1 is 1.47 bits per heavy atom. The highest BCUT2D eigenvalue weighted by molar-refractivity contribution is 5.79. The lowest BCUT2D eigenvalue weighted by Crippen LogP contribution is -2.51. The first-order valence-electron chi connectivity index (χ1n) is 4.61. The molecule has 0 aliphatic rings. The largest absolute Gasteiger partial charge is 0.477 e. The Morgan fingerprint density at radius 3 is 2.35 bits per heavy atom. The van der Waals surface area contributed by atoms with Crippen molar-refractivity contribution in [2.75, 3.05) is 6.54 Å². The number of alkyl halides is 2. The predicted octanol–water partition coefficient (Wildman–Crippen LogP) is -1.13. The van der Waals surface area contributed by atoms with Crippen LogP contribution in [0.2, 0.25) is 0 Å². The predicted molar refractivity (Wildman–Crippen MR) is 55.5 cm³/mol. The van der Waals surface area contributed by atoms with Crippen LogP contribution in [0.25, 0.3) is 0 Å². The number of hydrogen-bond donors (Lipinski definition) is 4. The molecule has 1 amide bonds. The lowest BCUT2D eigenvalue weighted by molar-refractivity contribution is -0.170. The Balaban J connectivity index is 4.70. The van der Waals surface area contributed by atoms with Crippen molar-refractivity contribution >= 4 is 17.8 Å². The van der Waals surface area contributed by atoms with Gasteiger partial charge in [0.2, 0.25) is 5.91 Å². The van der Waals surface area contributed by atoms with E-state index in [4.69, 9.17) is 16.6 Å². The van der Waals surface area contributed by atoms with Crippen LogP contribution in [-0.4, -0.2) is 41.5 Å². The van der Waals surface area contributed by atoms with Crippen LogP contribution >= 0.6 is 0 Å². The van der Waals surface area contributed by atoms with Crippen molar-refractivity contribution in [2.45, 2.75) is 25.3 Å². The summed E-state index contributed by atoms with van der Waals surface area (Å²) in [6, 6.07) is -1.86. The molecular formula is C8H14F2N4O3. The van der Waals surface area contributed by atoms with E-state index in [-0.39, 0.29) is 12.5 Å². The molecule has 1 atom stereocenters. The molecule has 0 aromatic rings. The summed E-state index contributed by atoms with van der Waals surface area (Å²) >= 11 is 0. The molecule has 0 aromatic carbocycles. The Morgan fingerprint density at radius 2 is 2.00 bits per heavy atom. The summed E-state index contributed by atoms with van der Waals surface area (Å²) in [5.74, 6) is -7.46. The van der Waals surface area contributed by atoms with Gasteiger partial charge in [0.05, 0.1) is 0 Å². The van der Waals surface area contributed by atoms with Crippen molar-refractivity contribution in [2.24, 2.45) is 16.5 Å². The molecule has 0 saturated carbocycles. The van der Waals surface area contributed by atoms with Gasteiger partial charge in [0.25, 0.3) is 0 Å². The van der Waals surface area contributed by atoms with Crippen molar-refractivity contribution < 1.29 is 23.5 Å². The minimum absolute atomic E-state index is 0.212. The molecule has 0 radical (unpaired) electrons. The van der Waals surface area contributed by atoms with Crippen molar-refractivity contribution in [3.63, 3.8) is 0 Å². The first kappa shape index (κ1) is 15.1. The first-order chi connectivity index (χ1) is 7.67. The highest BCUT2D eigenvalue weighted by atomic mass is 19.3. The molecule has 0 aliphatic heterocycles. The topological polar surface area (TPSA) is 131 Å². The number of amides is 1. The van der Waals surface area contributed by atoms with Gasteiger partial charge >= 0.3 is 11.9 Å². The highest BCUT2D eigenvalue weighted by Crippen LogP contribution is 2.21. The maximum atomic E-state index is 13.2. The van der Waals surface area contributed by atoms with E-state index in [1.165, 1.54) is 0 Å². The summed E-state index contributed by atoms with van der Waals surface area (Å²) in [6.45, 7) is 0.793. The second kappa shape index (κ2) is 5.97. The molecule has 6 N–H and O–H groups in total. The maximum Gasteiger partial charge on any atom is 0.376 e. The van der Waals surface area contributed by atoms with Gasteiger partial charge in [-0.05, 0) is 6.42 Å². The SMILES string of the molecule is CC(=O)N[C@@H](CCN=C(N)N)C(F)(F)C(=O)O. The normalized spacial score (nSPS) is 12.6. The quantitative estimate of drug-likeness (QED) is 0.351. The van der Waals surface area contributed by atoms with Gasteiger partial charge in [0.1, 0.15) is 6.04 Å². The molecule has 0 spiro atoms. The summed E-state index contributed by atoms with van der Waals surface area (Å²) in [7, 11) is 0. The van der Waals surface area contributed by atoms with E-state index < -0.39 is 30.3 Å². The third-order valence-corrected chi connectivity index (χ3v) is 1.81. The number of carboxylic acid groups (broad SMARTS) is 1. The smallest absolute Gasteiger partial charge is 0.376 e. The van der Waals surface area contributed by atoms with Crippen LogP contribution in [-0.2, 0) is 9.59 Å². The third-order valence-electron chi connectivity index (χ3n) is 1.81. The Labute approximate surface area is 95.9 Å². The Bertz CT molecular complexity index is 329. The van der Waals surface area contributed by atoms with Crippen LogP contribution in [0, 0.1) is 0 Å². The lowest BCUT2D eigenvalue weighted by atomic mass is 10.1. The average Bonchev–Trinajstić information content (AvgIpc) is 2.14. The average molecular weight is 252 g/mol. The van der Waals surface area contributed by atoms with E-state index in [1.54, 1.807) is 0 Å². The number of aliphatic carboxylic acids is 1. The van der Waals surface area contributed by atoms with E-state index in [2.05, 4.69) is 4.99 Å². The molecule has 0 rings (SSSR count). The molecule has 0 fully saturated rings. The van der Waals surface area contributed by atoms with E-state index in [0.29, 0.717) is 0 Å². The second-order valence-corrected chi connectivity index (χ2v) is 3.28. The lowest BCUT2D eigenvalue weighted by Gasteiger charge is -2.23. The molecule has 17 heavy (non-hydrogen) atoms. The van der Waals surface area contributed by atoms with Crippen LogP contribution in [0.4, 0.5) is 8.78 Å². The number of carboxylic acids is 1. The monoisotopic (exact) mass is 252 g/mol. The van der Waals surface area contributed by atoms with Gasteiger partial charge in [-0.1, -0.05) is 0 Å². The Hall–Kier alpha value is -1.93. The zero-order valence-electron chi connectivity index (χ0n) is 9.11. The zero-order valence-corrected chi connectivity index (χ0v) is 9.11. The van der Waals surface area contributed by atoms with Gasteiger partial charge in [-0.2, -0.15) is 8.78 Å². The number of carbonyl (C=O) groups excluding carboxylic acids is 1. The van der Waals surface area contributed by atoms with Crippen molar-refractivity contribution in [1.29, 1.82) is 0 Å². The fourth-order valence-corrected chi connectivity index (χ4v) is 1.06. The summed E-state index contributed by atoms with van der Waals surface area (Å²) in [5.41, 5.74) is 9.97. The van der Waals surface area contributed by atoms with Gasteiger partial charge in [-0.25, -0.2) is 4.79 Å². The minimum atomic E-state index is -4.08. The minimum Gasteiger partial charge on any atom is -0.477 e. The number of rotatable bonds is 6. The number of halogens is 2. The number of nitrogens with one attached hydrogen (secondary N) is 1. The van der Waals surface area contributed by atoms with Crippen LogP contribution in [0.1, 0.15) is 13.3 Å². The molecule has 0 saturated heterocycles. The molecular weight excluding hydrogens is 238 g/mol. The van der Waals surface area contributed by atoms with E-state index in [0.717, 1.165) is 6.92 Å². The number of guanidine groups is 1. The fraction of sp³-hybridized carbons (Fsp3) is 0.625. The van der Waals surface area contributed by atoms with Crippen molar-refractivity contribution in [3.05, 3.63) is 0 Å². The van der Waals surface area contributed by atoms with E-state index in [9.17, 15) is 18.4 Å². The van der Waals surface area contributed by atoms with Gasteiger partial charge in [0, 0.05) is 13.5 Å². The van der Waals surface area contributed by atoms with Gasteiger partial charge in [-0.3, -0.25) is 9.79 Å². The van der Waals surface area contributed by atoms with Crippen molar-refractivity contribution in [1.82, 2.24) is 5.32 Å². The maximum absolute atomic E-state index is 13.2. The summed E-state index contributed by atoms with van der Waals surface area (Å²) < 4.78 is 26.3. The standard InChI is InChI=1S/C8H14F2N4O3/c1-4(15)14-5(2-3-13-7(11)12)8(9,10)6(16)17/h5H,2-3H2,1H3,(H,14,15)(H,16,17)(H4,11,12,13)/t5-/m0/s1. The third kappa shape index (κ3) is 5.09. The van der Waals surface area contributed by atoms with Crippen LogP contribution in [0.5, 0.6) is 0 Å². The zero-order chi connectivity index (χ0) is 13.6. The number of hydrogen-bond acceptors (Lipinski definition) is 3. The molecule has 0 unspecified atom stereocenters. The Kier molecular flexibility index (Phi) is 5.29. The van der Waals surface area contributed by atoms with Gasteiger partial charge in [-0.15, -0.1) is 0 Å². The number of carbonyl (C=O) groups is 2. The number of nitrogens with two attached hydrogens (primary N) is 2. The van der Waals surface area contributed by atoms with Crippen LogP contribution in [0.3, 0.4) is 0 Å². The van der Waals surface area contributed by atoms with Gasteiger partial charge in [0.15, 0.2) is 5.96 Å². The van der Waals surface area contributed by atoms with Crippen molar-refractivity contribution in [3.8, 4) is 0 Å². The highest BCUT2D eigenvalue weighted by Gasteiger charge is 2.47. The van der Waals surface area contributed by atoms with Crippen LogP contribution < -0.4 is 16.8 Å². The molecule has 0 heterocycles. The second-order valence-electron chi connectivity index (χ2n) is 3.28. The molecule has 9 heteroatoms. The van der Waals surface area contributed by atoms with E-state index in [1.807, 2.05) is 5.32 Å². The summed E-state index contributed by atoms with van der Waals surface area (Å²) in [5, 5.41) is 10.2. The number of nitrogens with zero attached hydrogens (tertiary/aromatic N) is 1. The van der Waals surface area contributed by atoms with Gasteiger partial charge < -0.3 is 21.9 Å². The summed E-state index contributed by atoms with van der Waals surface area (Å²) in [6.07, 6.45) is -0.392. The summed E-state index contributed by atoms with van der Waals surface area (Å²) in [4.78, 5) is 24.5. The molecule has 0 aromatic heterocycles. The molecule has 0 aliphatic carbocycles. The molecule has 7 nitrogen and oxygen atoms in total. The fourth-order valence-electron chi connectivity index (χ4n) is 1.06. The van der Waals surface area contributed by atoms with E-state index >= 15 is 0 Å². The first-order valence-corrected chi connectivity index (χ1v) is 4.61. The number of aliphatic imine (C=N–C) groups is 1. The van der Waals surface area contributed by atoms with Crippen LogP contribution in [0.15, 0.2) is 4.99 Å². The molecule has 0 bridgehead atoms.